The number of ether oxygens (including phenoxy) is 1. The molecule has 2 heterocycles. The first-order valence-corrected chi connectivity index (χ1v) is 9.50. The van der Waals surface area contributed by atoms with E-state index in [4.69, 9.17) is 4.74 Å². The summed E-state index contributed by atoms with van der Waals surface area (Å²) in [7, 11) is -3.92. The van der Waals surface area contributed by atoms with E-state index in [0.717, 1.165) is 27.2 Å². The summed E-state index contributed by atoms with van der Waals surface area (Å²) in [6.45, 7) is 0.264. The van der Waals surface area contributed by atoms with Gasteiger partial charge < -0.3 is 9.84 Å². The number of hydrogen-bond acceptors (Lipinski definition) is 5. The Kier molecular flexibility index (Phi) is 4.21. The van der Waals surface area contributed by atoms with Gasteiger partial charge in [0.25, 0.3) is 0 Å². The highest BCUT2D eigenvalue weighted by Gasteiger charge is 2.31. The predicted octanol–water partition coefficient (Wildman–Crippen LogP) is 2.67. The number of rotatable bonds is 5. The largest absolute Gasteiger partial charge is 0.493 e. The normalized spacial score (nSPS) is 15.3. The second-order valence-corrected chi connectivity index (χ2v) is 7.41. The van der Waals surface area contributed by atoms with Crippen molar-refractivity contribution in [3.63, 3.8) is 0 Å². The van der Waals surface area contributed by atoms with Crippen molar-refractivity contribution in [3.8, 4) is 16.9 Å². The lowest BCUT2D eigenvalue weighted by atomic mass is 10.1. The van der Waals surface area contributed by atoms with Crippen molar-refractivity contribution < 1.29 is 18.3 Å². The molecule has 1 aliphatic rings. The fourth-order valence-electron chi connectivity index (χ4n) is 2.72. The third kappa shape index (κ3) is 3.44. The molecule has 0 bridgehead atoms. The molecule has 0 aliphatic carbocycles. The number of hydrogen-bond donors (Lipinski definition) is 3. The summed E-state index contributed by atoms with van der Waals surface area (Å²) in [4.78, 5) is 0. The van der Waals surface area contributed by atoms with Gasteiger partial charge in [-0.25, -0.2) is 9.03 Å². The van der Waals surface area contributed by atoms with Gasteiger partial charge in [-0.05, 0) is 23.3 Å². The summed E-state index contributed by atoms with van der Waals surface area (Å²) >= 11 is 0. The highest BCUT2D eigenvalue weighted by atomic mass is 32.2. The number of nitrogens with zero attached hydrogens (tertiary/aromatic N) is 2. The van der Waals surface area contributed by atoms with Crippen molar-refractivity contribution in [2.45, 2.75) is 6.61 Å². The first-order chi connectivity index (χ1) is 13.0. The smallest absolute Gasteiger partial charge is 0.330 e. The zero-order valence-corrected chi connectivity index (χ0v) is 14.8. The fraction of sp³-hybridized carbons (Fsp3) is 0.0556. The fourth-order valence-corrected chi connectivity index (χ4v) is 3.79. The molecule has 1 aliphatic heterocycles. The molecule has 3 aromatic rings. The van der Waals surface area contributed by atoms with Gasteiger partial charge >= 0.3 is 10.2 Å². The Balaban J connectivity index is 1.73. The maximum absolute atomic E-state index is 12.2. The van der Waals surface area contributed by atoms with Crippen LogP contribution in [0.1, 0.15) is 5.56 Å². The molecule has 0 amide bonds. The number of aliphatic hydroxyl groups excluding tert-OH is 1. The molecule has 0 spiro atoms. The number of aliphatic hydroxyl groups is 1. The summed E-state index contributed by atoms with van der Waals surface area (Å²) in [6.07, 6.45) is 4.49. The van der Waals surface area contributed by atoms with Gasteiger partial charge in [0.15, 0.2) is 0 Å². The molecule has 1 aromatic heterocycles. The molecule has 138 valence electrons. The lowest BCUT2D eigenvalue weighted by Crippen LogP contribution is -2.29. The lowest BCUT2D eigenvalue weighted by Gasteiger charge is -2.19. The second kappa shape index (κ2) is 6.69. The monoisotopic (exact) mass is 384 g/mol. The van der Waals surface area contributed by atoms with Crippen LogP contribution in [0.2, 0.25) is 0 Å². The number of H-pyrrole nitrogens is 1. The van der Waals surface area contributed by atoms with Gasteiger partial charge in [-0.2, -0.15) is 13.5 Å². The van der Waals surface area contributed by atoms with Crippen LogP contribution in [-0.2, 0) is 16.8 Å². The highest BCUT2D eigenvalue weighted by Crippen LogP contribution is 2.36. The molecule has 0 atom stereocenters. The van der Waals surface area contributed by atoms with Crippen molar-refractivity contribution in [1.29, 1.82) is 0 Å². The lowest BCUT2D eigenvalue weighted by molar-refractivity contribution is 0.307. The van der Waals surface area contributed by atoms with Crippen molar-refractivity contribution in [2.75, 3.05) is 4.31 Å². The Morgan fingerprint density at radius 3 is 2.59 bits per heavy atom. The van der Waals surface area contributed by atoms with Crippen LogP contribution in [0.25, 0.3) is 11.1 Å². The van der Waals surface area contributed by atoms with E-state index in [-0.39, 0.29) is 12.3 Å². The molecule has 0 radical (unpaired) electrons. The van der Waals surface area contributed by atoms with Crippen molar-refractivity contribution in [2.24, 2.45) is 0 Å². The van der Waals surface area contributed by atoms with Crippen molar-refractivity contribution in [1.82, 2.24) is 14.9 Å². The maximum atomic E-state index is 12.2. The van der Waals surface area contributed by atoms with Gasteiger partial charge in [-0.1, -0.05) is 36.4 Å². The van der Waals surface area contributed by atoms with E-state index in [0.29, 0.717) is 5.75 Å². The summed E-state index contributed by atoms with van der Waals surface area (Å²) < 4.78 is 33.4. The molecule has 3 N–H and O–H groups in total. The van der Waals surface area contributed by atoms with Crippen molar-refractivity contribution in [3.05, 3.63) is 78.6 Å². The van der Waals surface area contributed by atoms with E-state index in [9.17, 15) is 13.5 Å². The van der Waals surface area contributed by atoms with E-state index >= 15 is 0 Å². The zero-order chi connectivity index (χ0) is 18.9. The molecule has 8 nitrogen and oxygen atoms in total. The second-order valence-electron chi connectivity index (χ2n) is 5.86. The molecular formula is C18H16N4O4S. The molecule has 0 unspecified atom stereocenters. The standard InChI is InChI=1S/C18H16N4O4S/c23-18-11-22(27(24,25)21-18)16-7-6-14(15-9-19-20-10-15)8-17(16)26-12-13-4-2-1-3-5-13/h1-11,21,23H,12H2,(H,19,20). The number of anilines is 1. The van der Waals surface area contributed by atoms with Gasteiger partial charge in [-0.3, -0.25) is 5.10 Å². The molecule has 4 rings (SSSR count). The van der Waals surface area contributed by atoms with E-state index in [1.165, 1.54) is 0 Å². The third-order valence-electron chi connectivity index (χ3n) is 4.00. The topological polar surface area (TPSA) is 108 Å². The Morgan fingerprint density at radius 2 is 1.93 bits per heavy atom. The Morgan fingerprint density at radius 1 is 1.11 bits per heavy atom. The summed E-state index contributed by atoms with van der Waals surface area (Å²) in [5.41, 5.74) is 2.88. The minimum Gasteiger partial charge on any atom is -0.493 e. The summed E-state index contributed by atoms with van der Waals surface area (Å²) in [6, 6.07) is 14.7. The van der Waals surface area contributed by atoms with Crippen LogP contribution in [0.5, 0.6) is 5.75 Å². The molecule has 27 heavy (non-hydrogen) atoms. The number of aromatic amines is 1. The Bertz CT molecular complexity index is 1080. The van der Waals surface area contributed by atoms with E-state index < -0.39 is 16.1 Å². The molecule has 0 fully saturated rings. The van der Waals surface area contributed by atoms with Crippen LogP contribution in [0.3, 0.4) is 0 Å². The van der Waals surface area contributed by atoms with Crippen LogP contribution in [0.4, 0.5) is 5.69 Å². The number of aromatic nitrogens is 2. The summed E-state index contributed by atoms with van der Waals surface area (Å²) in [5.74, 6) is -0.100. The zero-order valence-electron chi connectivity index (χ0n) is 14.0. The molecular weight excluding hydrogens is 368 g/mol. The van der Waals surface area contributed by atoms with Crippen LogP contribution in [0.15, 0.2) is 73.0 Å². The van der Waals surface area contributed by atoms with Gasteiger partial charge in [-0.15, -0.1) is 0 Å². The molecule has 0 saturated carbocycles. The van der Waals surface area contributed by atoms with Crippen LogP contribution >= 0.6 is 0 Å². The quantitative estimate of drug-likeness (QED) is 0.627. The molecule has 0 saturated heterocycles. The van der Waals surface area contributed by atoms with Crippen LogP contribution < -0.4 is 13.8 Å². The first-order valence-electron chi connectivity index (χ1n) is 8.06. The third-order valence-corrected chi connectivity index (χ3v) is 5.29. The molecule has 9 heteroatoms. The first kappa shape index (κ1) is 17.0. The number of benzene rings is 2. The van der Waals surface area contributed by atoms with Gasteiger partial charge in [0.2, 0.25) is 5.88 Å². The SMILES string of the molecule is O=S1(=O)NC(O)=CN1c1ccc(-c2cn[nH]c2)cc1OCc1ccccc1. The predicted molar refractivity (Wildman–Crippen MR) is 100 cm³/mol. The Labute approximate surface area is 155 Å². The average molecular weight is 384 g/mol. The Hall–Kier alpha value is -3.46. The van der Waals surface area contributed by atoms with Crippen LogP contribution in [0, 0.1) is 0 Å². The maximum Gasteiger partial charge on any atom is 0.330 e. The van der Waals surface area contributed by atoms with Gasteiger partial charge in [0.05, 0.1) is 12.4 Å². The minimum atomic E-state index is -3.92. The average Bonchev–Trinajstić information content (AvgIpc) is 3.28. The number of nitrogens with one attached hydrogen (secondary N) is 2. The van der Waals surface area contributed by atoms with E-state index in [2.05, 4.69) is 10.2 Å². The van der Waals surface area contributed by atoms with Gasteiger partial charge in [0.1, 0.15) is 18.0 Å². The van der Waals surface area contributed by atoms with Gasteiger partial charge in [0, 0.05) is 11.8 Å². The molecule has 2 aromatic carbocycles. The van der Waals surface area contributed by atoms with E-state index in [1.54, 1.807) is 30.6 Å². The van der Waals surface area contributed by atoms with E-state index in [1.807, 2.05) is 35.1 Å². The summed E-state index contributed by atoms with van der Waals surface area (Å²) in [5, 5.41) is 16.3. The highest BCUT2D eigenvalue weighted by molar-refractivity contribution is 7.91. The van der Waals surface area contributed by atoms with Crippen LogP contribution in [-0.4, -0.2) is 23.7 Å². The van der Waals surface area contributed by atoms with Crippen molar-refractivity contribution >= 4 is 15.9 Å². The minimum absolute atomic E-state index is 0.264.